The number of carbonyl (C=O) groups excluding carboxylic acids is 1. The summed E-state index contributed by atoms with van der Waals surface area (Å²) in [6.07, 6.45) is 3.74. The summed E-state index contributed by atoms with van der Waals surface area (Å²) in [5.41, 5.74) is 0.563. The molecule has 3 aromatic rings. The molecule has 0 atom stereocenters. The minimum Gasteiger partial charge on any atom is -0.348 e. The molecule has 3 heterocycles. The minimum atomic E-state index is -0.810. The van der Waals surface area contributed by atoms with Crippen molar-refractivity contribution in [3.05, 3.63) is 36.2 Å². The number of hydrogen-bond acceptors (Lipinski definition) is 7. The molecule has 0 bridgehead atoms. The van der Waals surface area contributed by atoms with E-state index in [1.165, 1.54) is 35.5 Å². The van der Waals surface area contributed by atoms with Crippen molar-refractivity contribution in [2.45, 2.75) is 17.9 Å². The van der Waals surface area contributed by atoms with Gasteiger partial charge in [0.1, 0.15) is 27.7 Å². The van der Waals surface area contributed by atoms with Crippen molar-refractivity contribution in [3.63, 3.8) is 0 Å². The predicted molar refractivity (Wildman–Crippen MR) is 102 cm³/mol. The Balaban J connectivity index is 1.45. The zero-order valence-electron chi connectivity index (χ0n) is 14.1. The van der Waals surface area contributed by atoms with Crippen LogP contribution in [0.15, 0.2) is 29.6 Å². The Morgan fingerprint density at radius 2 is 2.07 bits per heavy atom. The van der Waals surface area contributed by atoms with Gasteiger partial charge in [0.2, 0.25) is 5.91 Å². The number of nitrogens with one attached hydrogen (secondary N) is 1. The molecule has 1 aliphatic rings. The zero-order chi connectivity index (χ0) is 18.8. The molecule has 140 valence electrons. The minimum absolute atomic E-state index is 0.0415. The fourth-order valence-corrected chi connectivity index (χ4v) is 4.72. The molecule has 2 aromatic heterocycles. The van der Waals surface area contributed by atoms with Gasteiger partial charge in [-0.15, -0.1) is 0 Å². The summed E-state index contributed by atoms with van der Waals surface area (Å²) in [7, 11) is 0. The summed E-state index contributed by atoms with van der Waals surface area (Å²) in [6.45, 7) is 1.97. The SMILES string of the molecule is O=C(CSc1ncnc2nc(N3CCCC3)sc12)Nc1ccc(F)cc1F. The van der Waals surface area contributed by atoms with Gasteiger partial charge in [-0.25, -0.2) is 18.7 Å². The number of amides is 1. The molecule has 1 saturated heterocycles. The fraction of sp³-hybridized carbons (Fsp3) is 0.294. The van der Waals surface area contributed by atoms with E-state index >= 15 is 0 Å². The van der Waals surface area contributed by atoms with Gasteiger partial charge in [-0.1, -0.05) is 23.1 Å². The Morgan fingerprint density at radius 3 is 2.85 bits per heavy atom. The van der Waals surface area contributed by atoms with Crippen LogP contribution in [0.25, 0.3) is 10.3 Å². The van der Waals surface area contributed by atoms with Crippen molar-refractivity contribution in [2.75, 3.05) is 29.1 Å². The van der Waals surface area contributed by atoms with Crippen LogP contribution in [0.1, 0.15) is 12.8 Å². The van der Waals surface area contributed by atoms with E-state index in [0.29, 0.717) is 10.7 Å². The van der Waals surface area contributed by atoms with E-state index < -0.39 is 17.5 Å². The van der Waals surface area contributed by atoms with Crippen molar-refractivity contribution in [2.24, 2.45) is 0 Å². The summed E-state index contributed by atoms with van der Waals surface area (Å²) in [5, 5.41) is 4.02. The van der Waals surface area contributed by atoms with Gasteiger partial charge in [-0.05, 0) is 25.0 Å². The van der Waals surface area contributed by atoms with E-state index in [0.717, 1.165) is 47.9 Å². The highest BCUT2D eigenvalue weighted by Crippen LogP contribution is 2.34. The highest BCUT2D eigenvalue weighted by atomic mass is 32.2. The molecule has 27 heavy (non-hydrogen) atoms. The average Bonchev–Trinajstić information content (AvgIpc) is 3.31. The van der Waals surface area contributed by atoms with Crippen LogP contribution >= 0.6 is 23.1 Å². The lowest BCUT2D eigenvalue weighted by molar-refractivity contribution is -0.113. The molecule has 4 rings (SSSR count). The van der Waals surface area contributed by atoms with Crippen molar-refractivity contribution in [1.82, 2.24) is 15.0 Å². The van der Waals surface area contributed by atoms with E-state index in [4.69, 9.17) is 0 Å². The monoisotopic (exact) mass is 407 g/mol. The number of hydrogen-bond donors (Lipinski definition) is 1. The third kappa shape index (κ3) is 4.01. The Kier molecular flexibility index (Phi) is 5.17. The maximum atomic E-state index is 13.6. The molecule has 0 aliphatic carbocycles. The smallest absolute Gasteiger partial charge is 0.234 e. The second-order valence-electron chi connectivity index (χ2n) is 5.98. The van der Waals surface area contributed by atoms with Crippen LogP contribution in [0.5, 0.6) is 0 Å². The first kappa shape index (κ1) is 18.1. The molecule has 1 aromatic carbocycles. The molecule has 0 spiro atoms. The number of fused-ring (bicyclic) bond motifs is 1. The molecule has 10 heteroatoms. The summed E-state index contributed by atoms with van der Waals surface area (Å²) < 4.78 is 27.4. The standard InChI is InChI=1S/C17H15F2N5OS2/c18-10-3-4-12(11(19)7-10)22-13(25)8-26-16-14-15(20-9-21-16)23-17(27-14)24-5-1-2-6-24/h3-4,7,9H,1-2,5-6,8H2,(H,22,25). The van der Waals surface area contributed by atoms with Crippen molar-refractivity contribution in [1.29, 1.82) is 0 Å². The Labute approximate surface area is 162 Å². The van der Waals surface area contributed by atoms with Gasteiger partial charge < -0.3 is 10.2 Å². The first-order valence-corrected chi connectivity index (χ1v) is 10.1. The first-order valence-electron chi connectivity index (χ1n) is 8.34. The summed E-state index contributed by atoms with van der Waals surface area (Å²) in [6, 6.07) is 3.02. The van der Waals surface area contributed by atoms with Gasteiger partial charge in [0.05, 0.1) is 11.4 Å². The molecular weight excluding hydrogens is 392 g/mol. The third-order valence-electron chi connectivity index (χ3n) is 4.07. The lowest BCUT2D eigenvalue weighted by Gasteiger charge is -2.11. The highest BCUT2D eigenvalue weighted by molar-refractivity contribution is 8.00. The molecule has 0 unspecified atom stereocenters. The second kappa shape index (κ2) is 7.73. The van der Waals surface area contributed by atoms with Gasteiger partial charge in [0.25, 0.3) is 0 Å². The fourth-order valence-electron chi connectivity index (χ4n) is 2.78. The number of aromatic nitrogens is 3. The van der Waals surface area contributed by atoms with E-state index in [1.807, 2.05) is 0 Å². The maximum Gasteiger partial charge on any atom is 0.234 e. The summed E-state index contributed by atoms with van der Waals surface area (Å²) >= 11 is 2.75. The lowest BCUT2D eigenvalue weighted by Crippen LogP contribution is -2.16. The molecule has 1 amide bonds. The summed E-state index contributed by atoms with van der Waals surface area (Å²) in [5.74, 6) is -1.86. The number of thiazole rings is 1. The molecule has 0 radical (unpaired) electrons. The molecule has 1 aliphatic heterocycles. The van der Waals surface area contributed by atoms with Gasteiger partial charge in [-0.3, -0.25) is 4.79 Å². The molecule has 0 saturated carbocycles. The van der Waals surface area contributed by atoms with Crippen LogP contribution in [-0.2, 0) is 4.79 Å². The normalized spacial score (nSPS) is 14.1. The van der Waals surface area contributed by atoms with Crippen LogP contribution in [0, 0.1) is 11.6 Å². The number of benzene rings is 1. The van der Waals surface area contributed by atoms with Crippen LogP contribution in [-0.4, -0.2) is 39.7 Å². The van der Waals surface area contributed by atoms with Gasteiger partial charge in [0.15, 0.2) is 10.8 Å². The lowest BCUT2D eigenvalue weighted by atomic mass is 10.3. The van der Waals surface area contributed by atoms with Gasteiger partial charge >= 0.3 is 0 Å². The van der Waals surface area contributed by atoms with Gasteiger partial charge in [-0.2, -0.15) is 4.98 Å². The van der Waals surface area contributed by atoms with E-state index in [9.17, 15) is 13.6 Å². The number of thioether (sulfide) groups is 1. The number of rotatable bonds is 5. The molecule has 6 nitrogen and oxygen atoms in total. The van der Waals surface area contributed by atoms with Crippen LogP contribution in [0.3, 0.4) is 0 Å². The van der Waals surface area contributed by atoms with Crippen molar-refractivity contribution in [3.8, 4) is 0 Å². The molecule has 1 N–H and O–H groups in total. The number of halogens is 2. The van der Waals surface area contributed by atoms with Crippen LogP contribution in [0.4, 0.5) is 19.6 Å². The highest BCUT2D eigenvalue weighted by Gasteiger charge is 2.19. The molecular formula is C17H15F2N5OS2. The quantitative estimate of drug-likeness (QED) is 0.514. The van der Waals surface area contributed by atoms with Gasteiger partial charge in [0, 0.05) is 19.2 Å². The average molecular weight is 407 g/mol. The Bertz CT molecular complexity index is 991. The van der Waals surface area contributed by atoms with Crippen molar-refractivity contribution >= 4 is 50.2 Å². The van der Waals surface area contributed by atoms with Crippen LogP contribution < -0.4 is 10.2 Å². The second-order valence-corrected chi connectivity index (χ2v) is 7.92. The topological polar surface area (TPSA) is 71.0 Å². The zero-order valence-corrected chi connectivity index (χ0v) is 15.7. The Hall–Kier alpha value is -2.33. The number of nitrogens with zero attached hydrogens (tertiary/aromatic N) is 4. The first-order chi connectivity index (χ1) is 13.1. The third-order valence-corrected chi connectivity index (χ3v) is 6.30. The number of anilines is 2. The van der Waals surface area contributed by atoms with Crippen molar-refractivity contribution < 1.29 is 13.6 Å². The largest absolute Gasteiger partial charge is 0.348 e. The van der Waals surface area contributed by atoms with E-state index in [2.05, 4.69) is 25.2 Å². The van der Waals surface area contributed by atoms with E-state index in [1.54, 1.807) is 0 Å². The summed E-state index contributed by atoms with van der Waals surface area (Å²) in [4.78, 5) is 27.4. The molecule has 1 fully saturated rings. The van der Waals surface area contributed by atoms with Crippen LogP contribution in [0.2, 0.25) is 0 Å². The maximum absolute atomic E-state index is 13.6. The predicted octanol–water partition coefficient (Wildman–Crippen LogP) is 3.70. The van der Waals surface area contributed by atoms with E-state index in [-0.39, 0.29) is 11.4 Å². The Morgan fingerprint density at radius 1 is 1.26 bits per heavy atom. The number of carbonyl (C=O) groups is 1.